The summed E-state index contributed by atoms with van der Waals surface area (Å²) in [5.41, 5.74) is -1.02. The Labute approximate surface area is 105 Å². The van der Waals surface area contributed by atoms with E-state index in [9.17, 15) is 9.90 Å². The molecule has 0 unspecified atom stereocenters. The fraction of sp³-hybridized carbons (Fsp3) is 0.667. The first-order chi connectivity index (χ1) is 8.62. The van der Waals surface area contributed by atoms with Crippen LogP contribution in [0.1, 0.15) is 44.9 Å². The number of carboxylic acids is 1. The van der Waals surface area contributed by atoms with E-state index in [2.05, 4.69) is 17.0 Å². The van der Waals surface area contributed by atoms with E-state index in [0.717, 1.165) is 19.3 Å². The van der Waals surface area contributed by atoms with Gasteiger partial charge in [-0.15, -0.1) is 5.10 Å². The SMILES string of the molecule is CCC1CCC(C(=O)O)(n2cnc(C#N)n2)CC1. The van der Waals surface area contributed by atoms with Crippen molar-refractivity contribution < 1.29 is 9.90 Å². The van der Waals surface area contributed by atoms with Crippen LogP contribution in [-0.4, -0.2) is 25.8 Å². The third-order valence-corrected chi connectivity index (χ3v) is 3.94. The van der Waals surface area contributed by atoms with Crippen molar-refractivity contribution in [2.24, 2.45) is 5.92 Å². The molecule has 2 rings (SSSR count). The summed E-state index contributed by atoms with van der Waals surface area (Å²) >= 11 is 0. The minimum atomic E-state index is -1.02. The first kappa shape index (κ1) is 12.6. The largest absolute Gasteiger partial charge is 0.479 e. The molecule has 1 aromatic heterocycles. The van der Waals surface area contributed by atoms with Crippen molar-refractivity contribution in [3.63, 3.8) is 0 Å². The molecule has 1 aromatic rings. The molecule has 0 saturated heterocycles. The molecule has 0 aromatic carbocycles. The van der Waals surface area contributed by atoms with Crippen molar-refractivity contribution in [3.8, 4) is 6.07 Å². The molecule has 6 nitrogen and oxygen atoms in total. The third kappa shape index (κ3) is 1.96. The van der Waals surface area contributed by atoms with E-state index >= 15 is 0 Å². The second-order valence-corrected chi connectivity index (χ2v) is 4.81. The molecule has 0 spiro atoms. The maximum Gasteiger partial charge on any atom is 0.331 e. The van der Waals surface area contributed by atoms with Crippen LogP contribution < -0.4 is 0 Å². The maximum absolute atomic E-state index is 11.6. The number of aromatic nitrogens is 3. The molecule has 1 N–H and O–H groups in total. The van der Waals surface area contributed by atoms with Crippen molar-refractivity contribution in [2.45, 2.75) is 44.6 Å². The summed E-state index contributed by atoms with van der Waals surface area (Å²) in [4.78, 5) is 15.4. The Morgan fingerprint density at radius 3 is 2.78 bits per heavy atom. The fourth-order valence-corrected chi connectivity index (χ4v) is 2.62. The quantitative estimate of drug-likeness (QED) is 0.875. The minimum absolute atomic E-state index is 0.0215. The Balaban J connectivity index is 2.29. The topological polar surface area (TPSA) is 91.8 Å². The van der Waals surface area contributed by atoms with E-state index in [4.69, 9.17) is 5.26 Å². The summed E-state index contributed by atoms with van der Waals surface area (Å²) in [6, 6.07) is 1.83. The van der Waals surface area contributed by atoms with Crippen LogP contribution >= 0.6 is 0 Å². The minimum Gasteiger partial charge on any atom is -0.479 e. The third-order valence-electron chi connectivity index (χ3n) is 3.94. The van der Waals surface area contributed by atoms with Crippen LogP contribution in [0.5, 0.6) is 0 Å². The smallest absolute Gasteiger partial charge is 0.331 e. The van der Waals surface area contributed by atoms with Gasteiger partial charge in [0, 0.05) is 0 Å². The number of rotatable bonds is 3. The van der Waals surface area contributed by atoms with E-state index < -0.39 is 11.5 Å². The first-order valence-corrected chi connectivity index (χ1v) is 6.18. The zero-order valence-electron chi connectivity index (χ0n) is 10.3. The van der Waals surface area contributed by atoms with Gasteiger partial charge in [-0.2, -0.15) is 5.26 Å². The van der Waals surface area contributed by atoms with Crippen LogP contribution in [-0.2, 0) is 10.3 Å². The summed E-state index contributed by atoms with van der Waals surface area (Å²) in [5.74, 6) is -0.267. The Kier molecular flexibility index (Phi) is 3.32. The summed E-state index contributed by atoms with van der Waals surface area (Å²) in [6.45, 7) is 2.13. The molecule has 1 fully saturated rings. The fourth-order valence-electron chi connectivity index (χ4n) is 2.62. The van der Waals surface area contributed by atoms with Crippen LogP contribution in [0.3, 0.4) is 0 Å². The van der Waals surface area contributed by atoms with Crippen LogP contribution in [0, 0.1) is 17.2 Å². The highest BCUT2D eigenvalue weighted by Gasteiger charge is 2.44. The van der Waals surface area contributed by atoms with Gasteiger partial charge in [0.2, 0.25) is 0 Å². The standard InChI is InChI=1S/C12H16N4O2/c1-2-9-3-5-12(6-4-9,11(17)18)16-8-14-10(7-13)15-16/h8-9H,2-6H2,1H3,(H,17,18). The van der Waals surface area contributed by atoms with Gasteiger partial charge in [0.15, 0.2) is 5.54 Å². The number of aliphatic carboxylic acids is 1. The van der Waals surface area contributed by atoms with Gasteiger partial charge in [-0.25, -0.2) is 14.5 Å². The molecule has 0 atom stereocenters. The number of hydrogen-bond acceptors (Lipinski definition) is 4. The maximum atomic E-state index is 11.6. The first-order valence-electron chi connectivity index (χ1n) is 6.18. The average Bonchev–Trinajstić information content (AvgIpc) is 2.87. The molecule has 1 aliphatic rings. The highest BCUT2D eigenvalue weighted by Crippen LogP contribution is 2.38. The van der Waals surface area contributed by atoms with Gasteiger partial charge in [-0.3, -0.25) is 0 Å². The van der Waals surface area contributed by atoms with Gasteiger partial charge in [0.05, 0.1) is 0 Å². The van der Waals surface area contributed by atoms with Crippen molar-refractivity contribution >= 4 is 5.97 Å². The Morgan fingerprint density at radius 1 is 1.67 bits per heavy atom. The van der Waals surface area contributed by atoms with Crippen molar-refractivity contribution in [1.82, 2.24) is 14.8 Å². The van der Waals surface area contributed by atoms with E-state index in [1.807, 2.05) is 6.07 Å². The molecule has 18 heavy (non-hydrogen) atoms. The zero-order chi connectivity index (χ0) is 13.2. The Hall–Kier alpha value is -1.90. The van der Waals surface area contributed by atoms with Crippen molar-refractivity contribution in [3.05, 3.63) is 12.2 Å². The van der Waals surface area contributed by atoms with E-state index in [0.29, 0.717) is 18.8 Å². The monoisotopic (exact) mass is 248 g/mol. The molecule has 1 heterocycles. The van der Waals surface area contributed by atoms with Crippen LogP contribution in [0.4, 0.5) is 0 Å². The lowest BCUT2D eigenvalue weighted by atomic mass is 9.75. The number of carbonyl (C=O) groups is 1. The molecule has 0 bridgehead atoms. The highest BCUT2D eigenvalue weighted by atomic mass is 16.4. The lowest BCUT2D eigenvalue weighted by molar-refractivity contribution is -0.150. The van der Waals surface area contributed by atoms with Crippen LogP contribution in [0.25, 0.3) is 0 Å². The summed E-state index contributed by atoms with van der Waals surface area (Å²) in [7, 11) is 0. The molecular formula is C12H16N4O2. The predicted molar refractivity (Wildman–Crippen MR) is 62.6 cm³/mol. The van der Waals surface area contributed by atoms with Gasteiger partial charge in [-0.05, 0) is 31.6 Å². The van der Waals surface area contributed by atoms with Gasteiger partial charge < -0.3 is 5.11 Å². The average molecular weight is 248 g/mol. The second kappa shape index (κ2) is 4.77. The number of carboxylic acid groups (broad SMARTS) is 1. The molecule has 0 aliphatic heterocycles. The number of nitriles is 1. The van der Waals surface area contributed by atoms with Crippen molar-refractivity contribution in [1.29, 1.82) is 5.26 Å². The van der Waals surface area contributed by atoms with E-state index in [1.165, 1.54) is 11.0 Å². The van der Waals surface area contributed by atoms with Gasteiger partial charge in [-0.1, -0.05) is 13.3 Å². The van der Waals surface area contributed by atoms with Gasteiger partial charge in [0.25, 0.3) is 5.82 Å². The molecule has 1 saturated carbocycles. The molecular weight excluding hydrogens is 232 g/mol. The summed E-state index contributed by atoms with van der Waals surface area (Å²) in [6.07, 6.45) is 5.30. The van der Waals surface area contributed by atoms with E-state index in [-0.39, 0.29) is 5.82 Å². The molecule has 0 amide bonds. The Bertz CT molecular complexity index is 481. The Morgan fingerprint density at radius 2 is 2.33 bits per heavy atom. The lowest BCUT2D eigenvalue weighted by Crippen LogP contribution is -2.45. The van der Waals surface area contributed by atoms with Crippen LogP contribution in [0.2, 0.25) is 0 Å². The number of nitrogens with zero attached hydrogens (tertiary/aromatic N) is 4. The normalized spacial score (nSPS) is 27.7. The summed E-state index contributed by atoms with van der Waals surface area (Å²) in [5, 5.41) is 22.2. The summed E-state index contributed by atoms with van der Waals surface area (Å²) < 4.78 is 1.36. The predicted octanol–water partition coefficient (Wildman–Crippen LogP) is 1.53. The lowest BCUT2D eigenvalue weighted by Gasteiger charge is -2.36. The van der Waals surface area contributed by atoms with E-state index in [1.54, 1.807) is 0 Å². The molecule has 96 valence electrons. The zero-order valence-corrected chi connectivity index (χ0v) is 10.3. The number of hydrogen-bond donors (Lipinski definition) is 1. The highest BCUT2D eigenvalue weighted by molar-refractivity contribution is 5.76. The van der Waals surface area contributed by atoms with Crippen molar-refractivity contribution in [2.75, 3.05) is 0 Å². The van der Waals surface area contributed by atoms with Gasteiger partial charge >= 0.3 is 5.97 Å². The molecule has 6 heteroatoms. The van der Waals surface area contributed by atoms with Crippen LogP contribution in [0.15, 0.2) is 6.33 Å². The molecule has 1 aliphatic carbocycles. The second-order valence-electron chi connectivity index (χ2n) is 4.81. The molecule has 0 radical (unpaired) electrons. The van der Waals surface area contributed by atoms with Gasteiger partial charge in [0.1, 0.15) is 12.4 Å².